The van der Waals surface area contributed by atoms with Crippen LogP contribution in [0.2, 0.25) is 0 Å². The van der Waals surface area contributed by atoms with Crippen LogP contribution < -0.4 is 0 Å². The molecule has 3 rings (SSSR count). The lowest BCUT2D eigenvalue weighted by atomic mass is 10.1. The minimum absolute atomic E-state index is 0.474. The molecule has 1 fully saturated rings. The molecule has 4 heteroatoms. The van der Waals surface area contributed by atoms with Crippen molar-refractivity contribution in [2.75, 3.05) is 0 Å². The Balaban J connectivity index is 2.07. The Morgan fingerprint density at radius 2 is 2.28 bits per heavy atom. The summed E-state index contributed by atoms with van der Waals surface area (Å²) in [6.45, 7) is 2.27. The van der Waals surface area contributed by atoms with E-state index in [-0.39, 0.29) is 0 Å². The van der Waals surface area contributed by atoms with Gasteiger partial charge in [0.2, 0.25) is 0 Å². The molecule has 0 N–H and O–H groups in total. The Morgan fingerprint density at radius 3 is 2.94 bits per heavy atom. The van der Waals surface area contributed by atoms with Crippen molar-refractivity contribution in [2.24, 2.45) is 5.92 Å². The minimum atomic E-state index is 0.474. The van der Waals surface area contributed by atoms with Gasteiger partial charge in [0.15, 0.2) is 0 Å². The van der Waals surface area contributed by atoms with E-state index >= 15 is 0 Å². The summed E-state index contributed by atoms with van der Waals surface area (Å²) in [5.74, 6) is 2.37. The summed E-state index contributed by atoms with van der Waals surface area (Å²) >= 11 is 9.58. The average molecular weight is 328 g/mol. The van der Waals surface area contributed by atoms with Crippen molar-refractivity contribution in [3.63, 3.8) is 0 Å². The molecule has 1 atom stereocenters. The number of imidazole rings is 1. The summed E-state index contributed by atoms with van der Waals surface area (Å²) in [7, 11) is 0. The molecular formula is C14H16BrClN2. The second kappa shape index (κ2) is 4.86. The van der Waals surface area contributed by atoms with Crippen LogP contribution in [0.3, 0.4) is 0 Å². The lowest BCUT2D eigenvalue weighted by molar-refractivity contribution is 0.477. The molecule has 2 nitrogen and oxygen atoms in total. The van der Waals surface area contributed by atoms with Crippen LogP contribution in [0.1, 0.15) is 38.1 Å². The smallest absolute Gasteiger partial charge is 0.125 e. The maximum Gasteiger partial charge on any atom is 0.125 e. The van der Waals surface area contributed by atoms with Crippen LogP contribution in [0.4, 0.5) is 0 Å². The van der Waals surface area contributed by atoms with Gasteiger partial charge in [-0.2, -0.15) is 0 Å². The lowest BCUT2D eigenvalue weighted by Crippen LogP contribution is -2.09. The lowest BCUT2D eigenvalue weighted by Gasteiger charge is -2.16. The SMILES string of the molecule is CC(CC1CC1)n1c(CCl)nc2ccc(Br)cc21. The van der Waals surface area contributed by atoms with Crippen molar-refractivity contribution in [2.45, 2.75) is 38.1 Å². The van der Waals surface area contributed by atoms with E-state index in [0.717, 1.165) is 21.7 Å². The van der Waals surface area contributed by atoms with E-state index in [1.807, 2.05) is 6.07 Å². The van der Waals surface area contributed by atoms with Crippen LogP contribution in [0.5, 0.6) is 0 Å². The third kappa shape index (κ3) is 2.30. The van der Waals surface area contributed by atoms with Crippen LogP contribution in [-0.4, -0.2) is 9.55 Å². The first kappa shape index (κ1) is 12.5. The average Bonchev–Trinajstić information content (AvgIpc) is 3.07. The van der Waals surface area contributed by atoms with E-state index in [1.165, 1.54) is 24.8 Å². The standard InChI is InChI=1S/C14H16BrClN2/c1-9(6-10-2-3-10)18-13-7-11(15)4-5-12(13)17-14(18)8-16/h4-5,7,9-10H,2-3,6,8H2,1H3. The Morgan fingerprint density at radius 1 is 1.50 bits per heavy atom. The van der Waals surface area contributed by atoms with Gasteiger partial charge in [0.1, 0.15) is 5.82 Å². The number of alkyl halides is 1. The fourth-order valence-electron chi connectivity index (χ4n) is 2.64. The molecule has 1 saturated carbocycles. The van der Waals surface area contributed by atoms with Gasteiger partial charge in [-0.05, 0) is 37.5 Å². The zero-order chi connectivity index (χ0) is 12.7. The van der Waals surface area contributed by atoms with Crippen LogP contribution in [0.15, 0.2) is 22.7 Å². The first-order chi connectivity index (χ1) is 8.69. The van der Waals surface area contributed by atoms with Gasteiger partial charge in [-0.15, -0.1) is 11.6 Å². The molecule has 2 aromatic rings. The summed E-state index contributed by atoms with van der Waals surface area (Å²) in [5, 5.41) is 0. The fourth-order valence-corrected chi connectivity index (χ4v) is 3.18. The third-order valence-corrected chi connectivity index (χ3v) is 4.39. The Bertz CT molecular complexity index is 574. The topological polar surface area (TPSA) is 17.8 Å². The monoisotopic (exact) mass is 326 g/mol. The summed E-state index contributed by atoms with van der Waals surface area (Å²) in [4.78, 5) is 4.63. The first-order valence-electron chi connectivity index (χ1n) is 6.41. The normalized spacial score (nSPS) is 17.3. The summed E-state index contributed by atoms with van der Waals surface area (Å²) in [6, 6.07) is 6.70. The van der Waals surface area contributed by atoms with Gasteiger partial charge in [0.05, 0.1) is 16.9 Å². The largest absolute Gasteiger partial charge is 0.324 e. The number of fused-ring (bicyclic) bond motifs is 1. The highest BCUT2D eigenvalue weighted by Crippen LogP contribution is 2.38. The van der Waals surface area contributed by atoms with E-state index in [0.29, 0.717) is 11.9 Å². The molecule has 0 radical (unpaired) electrons. The van der Waals surface area contributed by atoms with Crippen LogP contribution >= 0.6 is 27.5 Å². The second-order valence-electron chi connectivity index (χ2n) is 5.19. The molecule has 1 aromatic heterocycles. The van der Waals surface area contributed by atoms with E-state index in [2.05, 4.69) is 44.5 Å². The van der Waals surface area contributed by atoms with Crippen molar-refractivity contribution in [1.82, 2.24) is 9.55 Å². The molecule has 1 unspecified atom stereocenters. The van der Waals surface area contributed by atoms with E-state index < -0.39 is 0 Å². The van der Waals surface area contributed by atoms with Gasteiger partial charge in [0, 0.05) is 10.5 Å². The minimum Gasteiger partial charge on any atom is -0.324 e. The molecule has 0 spiro atoms. The van der Waals surface area contributed by atoms with Crippen molar-refractivity contribution < 1.29 is 0 Å². The van der Waals surface area contributed by atoms with Gasteiger partial charge < -0.3 is 4.57 Å². The predicted octanol–water partition coefficient (Wildman–Crippen LogP) is 4.90. The number of aromatic nitrogens is 2. The van der Waals surface area contributed by atoms with Crippen molar-refractivity contribution in [3.05, 3.63) is 28.5 Å². The third-order valence-electron chi connectivity index (χ3n) is 3.66. The molecule has 0 bridgehead atoms. The number of halogens is 2. The maximum atomic E-state index is 6.04. The maximum absolute atomic E-state index is 6.04. The molecule has 1 aromatic carbocycles. The molecule has 0 aliphatic heterocycles. The number of benzene rings is 1. The van der Waals surface area contributed by atoms with Crippen molar-refractivity contribution >= 4 is 38.6 Å². The van der Waals surface area contributed by atoms with Crippen molar-refractivity contribution in [3.8, 4) is 0 Å². The summed E-state index contributed by atoms with van der Waals surface area (Å²) < 4.78 is 3.40. The van der Waals surface area contributed by atoms with Gasteiger partial charge in [-0.1, -0.05) is 28.8 Å². The first-order valence-corrected chi connectivity index (χ1v) is 7.74. The Labute approximate surface area is 120 Å². The Kier molecular flexibility index (Phi) is 3.37. The van der Waals surface area contributed by atoms with Crippen LogP contribution in [0.25, 0.3) is 11.0 Å². The summed E-state index contributed by atoms with van der Waals surface area (Å²) in [6.07, 6.45) is 4.01. The van der Waals surface area contributed by atoms with Gasteiger partial charge in [-0.3, -0.25) is 0 Å². The van der Waals surface area contributed by atoms with Crippen LogP contribution in [0, 0.1) is 5.92 Å². The van der Waals surface area contributed by atoms with Crippen molar-refractivity contribution in [1.29, 1.82) is 0 Å². The van der Waals surface area contributed by atoms with Gasteiger partial charge in [0.25, 0.3) is 0 Å². The molecular weight excluding hydrogens is 312 g/mol. The molecule has 18 heavy (non-hydrogen) atoms. The number of rotatable bonds is 4. The zero-order valence-corrected chi connectivity index (χ0v) is 12.7. The number of nitrogens with zero attached hydrogens (tertiary/aromatic N) is 2. The number of hydrogen-bond acceptors (Lipinski definition) is 1. The van der Waals surface area contributed by atoms with Gasteiger partial charge in [-0.25, -0.2) is 4.98 Å². The zero-order valence-electron chi connectivity index (χ0n) is 10.4. The Hall–Kier alpha value is -0.540. The predicted molar refractivity (Wildman–Crippen MR) is 79.0 cm³/mol. The number of hydrogen-bond donors (Lipinski definition) is 0. The highest BCUT2D eigenvalue weighted by Gasteiger charge is 2.26. The molecule has 1 aliphatic rings. The molecule has 96 valence electrons. The molecule has 1 aliphatic carbocycles. The van der Waals surface area contributed by atoms with Gasteiger partial charge >= 0.3 is 0 Å². The molecule has 1 heterocycles. The van der Waals surface area contributed by atoms with E-state index in [1.54, 1.807) is 0 Å². The molecule has 0 saturated heterocycles. The van der Waals surface area contributed by atoms with E-state index in [4.69, 9.17) is 11.6 Å². The fraction of sp³-hybridized carbons (Fsp3) is 0.500. The quantitative estimate of drug-likeness (QED) is 0.730. The van der Waals surface area contributed by atoms with E-state index in [9.17, 15) is 0 Å². The van der Waals surface area contributed by atoms with Crippen LogP contribution in [-0.2, 0) is 5.88 Å². The molecule has 0 amide bonds. The highest BCUT2D eigenvalue weighted by atomic mass is 79.9. The second-order valence-corrected chi connectivity index (χ2v) is 6.38. The highest BCUT2D eigenvalue weighted by molar-refractivity contribution is 9.10. The summed E-state index contributed by atoms with van der Waals surface area (Å²) in [5.41, 5.74) is 2.23.